The summed E-state index contributed by atoms with van der Waals surface area (Å²) in [4.78, 5) is 12.0. The van der Waals surface area contributed by atoms with E-state index in [9.17, 15) is 4.79 Å². The summed E-state index contributed by atoms with van der Waals surface area (Å²) in [6, 6.07) is 14.9. The first kappa shape index (κ1) is 23.4. The van der Waals surface area contributed by atoms with Crippen LogP contribution in [0.3, 0.4) is 0 Å². The Morgan fingerprint density at radius 2 is 1.63 bits per heavy atom. The molecule has 30 heavy (non-hydrogen) atoms. The second kappa shape index (κ2) is 13.4. The van der Waals surface area contributed by atoms with Crippen LogP contribution in [-0.2, 0) is 4.79 Å². The summed E-state index contributed by atoms with van der Waals surface area (Å²) in [5, 5.41) is 5.87. The van der Waals surface area contributed by atoms with E-state index in [1.54, 1.807) is 13.2 Å². The summed E-state index contributed by atoms with van der Waals surface area (Å²) in [5.41, 5.74) is 1.68. The second-order valence-electron chi connectivity index (χ2n) is 6.84. The van der Waals surface area contributed by atoms with Crippen LogP contribution >= 0.6 is 12.2 Å². The number of rotatable bonds is 11. The zero-order valence-corrected chi connectivity index (χ0v) is 18.5. The van der Waals surface area contributed by atoms with Gasteiger partial charge in [0.05, 0.1) is 13.7 Å². The van der Waals surface area contributed by atoms with E-state index in [0.717, 1.165) is 35.8 Å². The standard InChI is InChI=1S/C24H30N2O3S/c1-3-4-5-6-7-18-29-22-15-11-20(12-16-22)25-24(30)26-23(27)17-10-19-8-13-21(28-2)14-9-19/h8-17H,3-7,18H2,1-2H3,(H2,25,26,27,30)/b17-10+. The maximum absolute atomic E-state index is 12.0. The lowest BCUT2D eigenvalue weighted by Gasteiger charge is -2.10. The van der Waals surface area contributed by atoms with Crippen molar-refractivity contribution in [3.05, 3.63) is 60.2 Å². The van der Waals surface area contributed by atoms with Gasteiger partial charge >= 0.3 is 0 Å². The fraction of sp³-hybridized carbons (Fsp3) is 0.333. The fourth-order valence-electron chi connectivity index (χ4n) is 2.73. The molecule has 0 aliphatic rings. The van der Waals surface area contributed by atoms with Gasteiger partial charge in [-0.1, -0.05) is 44.7 Å². The number of ether oxygens (including phenoxy) is 2. The van der Waals surface area contributed by atoms with Crippen LogP contribution in [0.4, 0.5) is 5.69 Å². The number of thiocarbonyl (C=S) groups is 1. The Labute approximate surface area is 184 Å². The molecule has 0 spiro atoms. The Morgan fingerprint density at radius 1 is 0.967 bits per heavy atom. The molecule has 160 valence electrons. The summed E-state index contributed by atoms with van der Waals surface area (Å²) in [7, 11) is 1.61. The van der Waals surface area contributed by atoms with Crippen LogP contribution < -0.4 is 20.1 Å². The topological polar surface area (TPSA) is 59.6 Å². The summed E-state index contributed by atoms with van der Waals surface area (Å²) >= 11 is 5.20. The van der Waals surface area contributed by atoms with Crippen molar-refractivity contribution in [2.75, 3.05) is 19.0 Å². The van der Waals surface area contributed by atoms with E-state index < -0.39 is 0 Å². The Hall–Kier alpha value is -2.86. The van der Waals surface area contributed by atoms with Gasteiger partial charge in [-0.25, -0.2) is 0 Å². The number of anilines is 1. The number of methoxy groups -OCH3 is 1. The van der Waals surface area contributed by atoms with Crippen LogP contribution in [-0.4, -0.2) is 24.7 Å². The molecule has 0 bridgehead atoms. The number of carbonyl (C=O) groups excluding carboxylic acids is 1. The van der Waals surface area contributed by atoms with Gasteiger partial charge in [0.1, 0.15) is 11.5 Å². The highest BCUT2D eigenvalue weighted by Gasteiger charge is 2.02. The van der Waals surface area contributed by atoms with E-state index in [0.29, 0.717) is 0 Å². The number of hydrogen-bond acceptors (Lipinski definition) is 4. The fourth-order valence-corrected chi connectivity index (χ4v) is 2.95. The van der Waals surface area contributed by atoms with Crippen molar-refractivity contribution in [2.45, 2.75) is 39.0 Å². The molecule has 0 aliphatic heterocycles. The Kier molecular flexibility index (Phi) is 10.4. The minimum Gasteiger partial charge on any atom is -0.497 e. The molecule has 0 fully saturated rings. The number of benzene rings is 2. The third-order valence-electron chi connectivity index (χ3n) is 4.41. The molecule has 2 N–H and O–H groups in total. The zero-order valence-electron chi connectivity index (χ0n) is 17.6. The third kappa shape index (κ3) is 9.09. The number of carbonyl (C=O) groups is 1. The third-order valence-corrected chi connectivity index (χ3v) is 4.61. The lowest BCUT2D eigenvalue weighted by molar-refractivity contribution is -0.115. The van der Waals surface area contributed by atoms with E-state index in [4.69, 9.17) is 21.7 Å². The van der Waals surface area contributed by atoms with Crippen LogP contribution in [0.25, 0.3) is 6.08 Å². The van der Waals surface area contributed by atoms with Crippen molar-refractivity contribution < 1.29 is 14.3 Å². The molecule has 2 aromatic carbocycles. The lowest BCUT2D eigenvalue weighted by atomic mass is 10.2. The quantitative estimate of drug-likeness (QED) is 0.279. The zero-order chi connectivity index (χ0) is 21.6. The molecule has 0 heterocycles. The molecule has 0 aromatic heterocycles. The summed E-state index contributed by atoms with van der Waals surface area (Å²) in [6.45, 7) is 2.94. The van der Waals surface area contributed by atoms with Crippen molar-refractivity contribution >= 4 is 35.0 Å². The van der Waals surface area contributed by atoms with E-state index in [-0.39, 0.29) is 11.0 Å². The first-order chi connectivity index (χ1) is 14.6. The molecule has 0 radical (unpaired) electrons. The monoisotopic (exact) mass is 426 g/mol. The van der Waals surface area contributed by atoms with Crippen LogP contribution in [0.2, 0.25) is 0 Å². The molecule has 0 aliphatic carbocycles. The smallest absolute Gasteiger partial charge is 0.250 e. The van der Waals surface area contributed by atoms with E-state index in [2.05, 4.69) is 17.6 Å². The lowest BCUT2D eigenvalue weighted by Crippen LogP contribution is -2.32. The van der Waals surface area contributed by atoms with Gasteiger partial charge in [-0.2, -0.15) is 0 Å². The average molecular weight is 427 g/mol. The Morgan fingerprint density at radius 3 is 2.30 bits per heavy atom. The van der Waals surface area contributed by atoms with Gasteiger partial charge in [-0.05, 0) is 66.7 Å². The molecule has 5 nitrogen and oxygen atoms in total. The highest BCUT2D eigenvalue weighted by Crippen LogP contribution is 2.16. The van der Waals surface area contributed by atoms with Crippen LogP contribution in [0.5, 0.6) is 11.5 Å². The SMILES string of the molecule is CCCCCCCOc1ccc(NC(=S)NC(=O)/C=C/c2ccc(OC)cc2)cc1. The second-order valence-corrected chi connectivity index (χ2v) is 7.25. The van der Waals surface area contributed by atoms with Gasteiger partial charge < -0.3 is 14.8 Å². The van der Waals surface area contributed by atoms with Crippen molar-refractivity contribution in [1.29, 1.82) is 0 Å². The van der Waals surface area contributed by atoms with Crippen LogP contribution in [0.15, 0.2) is 54.6 Å². The van der Waals surface area contributed by atoms with Crippen molar-refractivity contribution in [3.63, 3.8) is 0 Å². The van der Waals surface area contributed by atoms with E-state index >= 15 is 0 Å². The molecular weight excluding hydrogens is 396 g/mol. The van der Waals surface area contributed by atoms with Crippen LogP contribution in [0.1, 0.15) is 44.6 Å². The number of unbranched alkanes of at least 4 members (excludes halogenated alkanes) is 4. The predicted octanol–water partition coefficient (Wildman–Crippen LogP) is 5.57. The van der Waals surface area contributed by atoms with Crippen molar-refractivity contribution in [2.24, 2.45) is 0 Å². The molecule has 0 unspecified atom stereocenters. The van der Waals surface area contributed by atoms with Gasteiger partial charge in [0, 0.05) is 11.8 Å². The molecule has 0 atom stereocenters. The van der Waals surface area contributed by atoms with E-state index in [1.165, 1.54) is 31.8 Å². The molecule has 0 saturated heterocycles. The summed E-state index contributed by atoms with van der Waals surface area (Å²) in [6.07, 6.45) is 9.22. The van der Waals surface area contributed by atoms with Gasteiger partial charge in [-0.15, -0.1) is 0 Å². The molecule has 0 saturated carbocycles. The van der Waals surface area contributed by atoms with Crippen molar-refractivity contribution in [3.8, 4) is 11.5 Å². The van der Waals surface area contributed by atoms with Gasteiger partial charge in [0.2, 0.25) is 5.91 Å². The maximum Gasteiger partial charge on any atom is 0.250 e. The van der Waals surface area contributed by atoms with Crippen LogP contribution in [0, 0.1) is 0 Å². The summed E-state index contributed by atoms with van der Waals surface area (Å²) in [5.74, 6) is 1.30. The molecule has 6 heteroatoms. The van der Waals surface area contributed by atoms with Crippen molar-refractivity contribution in [1.82, 2.24) is 5.32 Å². The maximum atomic E-state index is 12.0. The molecular formula is C24H30N2O3S. The number of nitrogens with one attached hydrogen (secondary N) is 2. The highest BCUT2D eigenvalue weighted by atomic mass is 32.1. The first-order valence-corrected chi connectivity index (χ1v) is 10.7. The van der Waals surface area contributed by atoms with E-state index in [1.807, 2.05) is 48.5 Å². The summed E-state index contributed by atoms with van der Waals surface area (Å²) < 4.78 is 10.9. The number of hydrogen-bond donors (Lipinski definition) is 2. The first-order valence-electron chi connectivity index (χ1n) is 10.3. The van der Waals surface area contributed by atoms with Gasteiger partial charge in [0.25, 0.3) is 0 Å². The molecule has 1 amide bonds. The molecule has 2 aromatic rings. The normalized spacial score (nSPS) is 10.6. The van der Waals surface area contributed by atoms with Gasteiger partial charge in [0.15, 0.2) is 5.11 Å². The largest absolute Gasteiger partial charge is 0.497 e. The average Bonchev–Trinajstić information content (AvgIpc) is 2.76. The van der Waals surface area contributed by atoms with Gasteiger partial charge in [-0.3, -0.25) is 10.1 Å². The highest BCUT2D eigenvalue weighted by molar-refractivity contribution is 7.80. The minimum absolute atomic E-state index is 0.240. The Balaban J connectivity index is 1.71. The minimum atomic E-state index is -0.300. The number of amides is 1. The predicted molar refractivity (Wildman–Crippen MR) is 127 cm³/mol. The molecule has 2 rings (SSSR count). The Bertz CT molecular complexity index is 817.